The number of nitrogens with one attached hydrogen (secondary N) is 2. The first-order chi connectivity index (χ1) is 11.3. The Morgan fingerprint density at radius 1 is 1.25 bits per heavy atom. The molecule has 0 aliphatic carbocycles. The summed E-state index contributed by atoms with van der Waals surface area (Å²) in [5.74, 6) is 0. The summed E-state index contributed by atoms with van der Waals surface area (Å²) < 4.78 is 0. The minimum atomic E-state index is -0.569. The zero-order chi connectivity index (χ0) is 17.6. The fraction of sp³-hybridized carbons (Fsp3) is 0.632. The molecule has 1 fully saturated rings. The molecule has 1 aromatic carbocycles. The lowest BCUT2D eigenvalue weighted by atomic mass is 9.98. The smallest absolute Gasteiger partial charge is 0.315 e. The minimum Gasteiger partial charge on any atom is -0.391 e. The maximum absolute atomic E-state index is 12.0. The summed E-state index contributed by atoms with van der Waals surface area (Å²) in [5.41, 5.74) is 1.26. The molecular weight excluding hydrogens is 302 g/mol. The van der Waals surface area contributed by atoms with Gasteiger partial charge in [-0.05, 0) is 39.2 Å². The molecule has 0 radical (unpaired) electrons. The van der Waals surface area contributed by atoms with Gasteiger partial charge in [-0.25, -0.2) is 4.79 Å². The number of rotatable bonds is 5. The van der Waals surface area contributed by atoms with Gasteiger partial charge in [-0.15, -0.1) is 0 Å². The normalized spacial score (nSPS) is 18.2. The Labute approximate surface area is 145 Å². The van der Waals surface area contributed by atoms with E-state index in [1.165, 1.54) is 0 Å². The van der Waals surface area contributed by atoms with Crippen molar-refractivity contribution in [3.63, 3.8) is 0 Å². The minimum absolute atomic E-state index is 0.184. The third kappa shape index (κ3) is 6.13. The van der Waals surface area contributed by atoms with Crippen LogP contribution >= 0.6 is 0 Å². The highest BCUT2D eigenvalue weighted by Crippen LogP contribution is 2.19. The van der Waals surface area contributed by atoms with Gasteiger partial charge in [-0.1, -0.05) is 30.3 Å². The number of urea groups is 1. The van der Waals surface area contributed by atoms with Crippen molar-refractivity contribution in [2.75, 3.05) is 19.6 Å². The van der Waals surface area contributed by atoms with Crippen LogP contribution in [-0.2, 0) is 6.42 Å². The van der Waals surface area contributed by atoms with Gasteiger partial charge in [0.1, 0.15) is 0 Å². The molecule has 24 heavy (non-hydrogen) atoms. The average Bonchev–Trinajstić information content (AvgIpc) is 2.53. The highest BCUT2D eigenvalue weighted by atomic mass is 16.3. The third-order valence-electron chi connectivity index (χ3n) is 4.59. The molecule has 2 rings (SSSR count). The third-order valence-corrected chi connectivity index (χ3v) is 4.59. The van der Waals surface area contributed by atoms with Crippen LogP contribution in [-0.4, -0.2) is 53.4 Å². The quantitative estimate of drug-likeness (QED) is 0.774. The molecule has 1 saturated heterocycles. The second-order valence-electron chi connectivity index (χ2n) is 7.63. The lowest BCUT2D eigenvalue weighted by Gasteiger charge is -2.41. The first kappa shape index (κ1) is 18.7. The summed E-state index contributed by atoms with van der Waals surface area (Å²) in [6.07, 6.45) is 1.92. The molecule has 0 bridgehead atoms. The van der Waals surface area contributed by atoms with E-state index in [2.05, 4.69) is 36.3 Å². The van der Waals surface area contributed by atoms with Crippen molar-refractivity contribution < 1.29 is 9.90 Å². The number of amides is 2. The standard InChI is InChI=1S/C19H31N3O2/c1-19(2,3)22-11-9-16(10-12-22)21-18(24)20-14-17(23)13-15-7-5-4-6-8-15/h4-8,16-17,23H,9-14H2,1-3H3,(H2,20,21,24). The first-order valence-electron chi connectivity index (χ1n) is 8.86. The SMILES string of the molecule is CC(C)(C)N1CCC(NC(=O)NCC(O)Cc2ccccc2)CC1. The number of likely N-dealkylation sites (tertiary alicyclic amines) is 1. The van der Waals surface area contributed by atoms with Gasteiger partial charge in [-0.3, -0.25) is 4.90 Å². The maximum atomic E-state index is 12.0. The lowest BCUT2D eigenvalue weighted by molar-refractivity contribution is 0.0975. The molecule has 0 saturated carbocycles. The zero-order valence-electron chi connectivity index (χ0n) is 15.1. The summed E-state index contributed by atoms with van der Waals surface area (Å²) in [5, 5.41) is 15.8. The summed E-state index contributed by atoms with van der Waals surface area (Å²) in [7, 11) is 0. The van der Waals surface area contributed by atoms with Crippen LogP contribution in [0.15, 0.2) is 30.3 Å². The van der Waals surface area contributed by atoms with Crippen LogP contribution in [0.5, 0.6) is 0 Å². The van der Waals surface area contributed by atoms with Crippen molar-refractivity contribution >= 4 is 6.03 Å². The van der Waals surface area contributed by atoms with Crippen LogP contribution in [0.2, 0.25) is 0 Å². The number of hydrogen-bond donors (Lipinski definition) is 3. The Hall–Kier alpha value is -1.59. The Balaban J connectivity index is 1.65. The summed E-state index contributed by atoms with van der Waals surface area (Å²) >= 11 is 0. The van der Waals surface area contributed by atoms with Crippen molar-refractivity contribution in [1.82, 2.24) is 15.5 Å². The summed E-state index contributed by atoms with van der Waals surface area (Å²) in [6, 6.07) is 9.84. The number of benzene rings is 1. The number of aliphatic hydroxyl groups is 1. The molecule has 1 atom stereocenters. The van der Waals surface area contributed by atoms with Crippen LogP contribution in [0.25, 0.3) is 0 Å². The Morgan fingerprint density at radius 3 is 2.46 bits per heavy atom. The molecule has 0 aromatic heterocycles. The fourth-order valence-corrected chi connectivity index (χ4v) is 3.10. The van der Waals surface area contributed by atoms with E-state index in [4.69, 9.17) is 0 Å². The molecule has 1 aliphatic rings. The van der Waals surface area contributed by atoms with Gasteiger partial charge < -0.3 is 15.7 Å². The number of carbonyl (C=O) groups excluding carboxylic acids is 1. The van der Waals surface area contributed by atoms with Crippen LogP contribution in [0.3, 0.4) is 0 Å². The van der Waals surface area contributed by atoms with Crippen LogP contribution < -0.4 is 10.6 Å². The zero-order valence-corrected chi connectivity index (χ0v) is 15.1. The van der Waals surface area contributed by atoms with E-state index in [1.54, 1.807) is 0 Å². The Morgan fingerprint density at radius 2 is 1.88 bits per heavy atom. The second kappa shape index (κ2) is 8.49. The van der Waals surface area contributed by atoms with Crippen molar-refractivity contribution in [3.8, 4) is 0 Å². The molecule has 2 amide bonds. The lowest BCUT2D eigenvalue weighted by Crippen LogP contribution is -2.52. The Kier molecular flexibility index (Phi) is 6.63. The van der Waals surface area contributed by atoms with Crippen LogP contribution in [0.4, 0.5) is 4.79 Å². The van der Waals surface area contributed by atoms with E-state index in [9.17, 15) is 9.90 Å². The number of nitrogens with zero attached hydrogens (tertiary/aromatic N) is 1. The van der Waals surface area contributed by atoms with Crippen molar-refractivity contribution in [1.29, 1.82) is 0 Å². The number of piperidine rings is 1. The monoisotopic (exact) mass is 333 g/mol. The summed E-state index contributed by atoms with van der Waals surface area (Å²) in [4.78, 5) is 14.5. The summed E-state index contributed by atoms with van der Waals surface area (Å²) in [6.45, 7) is 8.95. The van der Waals surface area contributed by atoms with Crippen LogP contribution in [0.1, 0.15) is 39.2 Å². The largest absolute Gasteiger partial charge is 0.391 e. The van der Waals surface area contributed by atoms with Gasteiger partial charge >= 0.3 is 6.03 Å². The molecule has 1 heterocycles. The maximum Gasteiger partial charge on any atom is 0.315 e. The van der Waals surface area contributed by atoms with E-state index < -0.39 is 6.10 Å². The fourth-order valence-electron chi connectivity index (χ4n) is 3.10. The molecule has 1 aliphatic heterocycles. The Bertz CT molecular complexity index is 505. The van der Waals surface area contributed by atoms with Gasteiger partial charge in [-0.2, -0.15) is 0 Å². The predicted octanol–water partition coefficient (Wildman–Crippen LogP) is 2.15. The van der Waals surface area contributed by atoms with E-state index in [0.29, 0.717) is 6.42 Å². The van der Waals surface area contributed by atoms with Crippen molar-refractivity contribution in [3.05, 3.63) is 35.9 Å². The molecule has 0 spiro atoms. The molecule has 1 aromatic rings. The number of hydrogen-bond acceptors (Lipinski definition) is 3. The average molecular weight is 333 g/mol. The highest BCUT2D eigenvalue weighted by molar-refractivity contribution is 5.74. The predicted molar refractivity (Wildman–Crippen MR) is 97.0 cm³/mol. The van der Waals surface area contributed by atoms with E-state index in [0.717, 1.165) is 31.5 Å². The molecule has 3 N–H and O–H groups in total. The van der Waals surface area contributed by atoms with Gasteiger partial charge in [0.15, 0.2) is 0 Å². The van der Waals surface area contributed by atoms with Gasteiger partial charge in [0.25, 0.3) is 0 Å². The van der Waals surface area contributed by atoms with Gasteiger partial charge in [0, 0.05) is 37.6 Å². The van der Waals surface area contributed by atoms with E-state index in [-0.39, 0.29) is 24.2 Å². The first-order valence-corrected chi connectivity index (χ1v) is 8.86. The molecule has 134 valence electrons. The van der Waals surface area contributed by atoms with Gasteiger partial charge in [0.2, 0.25) is 0 Å². The molecule has 1 unspecified atom stereocenters. The topological polar surface area (TPSA) is 64.6 Å². The molecular formula is C19H31N3O2. The molecule has 5 nitrogen and oxygen atoms in total. The molecule has 5 heteroatoms. The van der Waals surface area contributed by atoms with Crippen molar-refractivity contribution in [2.24, 2.45) is 0 Å². The van der Waals surface area contributed by atoms with Gasteiger partial charge in [0.05, 0.1) is 6.10 Å². The number of carbonyl (C=O) groups is 1. The number of aliphatic hydroxyl groups excluding tert-OH is 1. The van der Waals surface area contributed by atoms with E-state index >= 15 is 0 Å². The van der Waals surface area contributed by atoms with Crippen molar-refractivity contribution in [2.45, 2.75) is 57.7 Å². The highest BCUT2D eigenvalue weighted by Gasteiger charge is 2.27. The van der Waals surface area contributed by atoms with Crippen LogP contribution in [0, 0.1) is 0 Å². The second-order valence-corrected chi connectivity index (χ2v) is 7.63. The van der Waals surface area contributed by atoms with E-state index in [1.807, 2.05) is 30.3 Å².